The minimum atomic E-state index is -0.552. The number of rotatable bonds is 3. The van der Waals surface area contributed by atoms with Gasteiger partial charge in [0.05, 0.1) is 25.3 Å². The van der Waals surface area contributed by atoms with E-state index in [2.05, 4.69) is 37.2 Å². The van der Waals surface area contributed by atoms with E-state index in [1.54, 1.807) is 6.07 Å². The van der Waals surface area contributed by atoms with Crippen molar-refractivity contribution in [3.8, 4) is 0 Å². The van der Waals surface area contributed by atoms with Crippen molar-refractivity contribution >= 4 is 49.1 Å². The molecule has 0 radical (unpaired) electrons. The number of aliphatic hydroxyl groups is 1. The van der Waals surface area contributed by atoms with Crippen molar-refractivity contribution in [2.24, 2.45) is 0 Å². The van der Waals surface area contributed by atoms with E-state index in [0.717, 1.165) is 7.57 Å². The van der Waals surface area contributed by atoms with Gasteiger partial charge in [-0.2, -0.15) is 0 Å². The Labute approximate surface area is 126 Å². The molecule has 1 aromatic heterocycles. The molecule has 2 rings (SSSR count). The number of hydrogen-bond donors (Lipinski definition) is 2. The molecule has 1 aromatic rings. The molecule has 1 saturated heterocycles. The zero-order chi connectivity index (χ0) is 13.2. The largest absolute Gasteiger partial charge is 0.394 e. The molecule has 1 aliphatic rings. The van der Waals surface area contributed by atoms with Crippen molar-refractivity contribution in [2.75, 3.05) is 19.8 Å². The summed E-state index contributed by atoms with van der Waals surface area (Å²) in [5.74, 6) is -0.167. The third-order valence-electron chi connectivity index (χ3n) is 3.03. The number of amides is 1. The smallest absolute Gasteiger partial charge is 0.253 e. The van der Waals surface area contributed by atoms with Crippen molar-refractivity contribution < 1.29 is 14.6 Å². The SMILES string of the molecule is O=C(NC1(CO)CCOCC1)c1cc(Br)sc1Br. The fraction of sp³-hybridized carbons (Fsp3) is 0.545. The number of halogens is 2. The topological polar surface area (TPSA) is 58.6 Å². The van der Waals surface area contributed by atoms with Gasteiger partial charge >= 0.3 is 0 Å². The molecular formula is C11H13Br2NO3S. The second-order valence-electron chi connectivity index (χ2n) is 4.24. The summed E-state index contributed by atoms with van der Waals surface area (Å²) in [7, 11) is 0. The van der Waals surface area contributed by atoms with Gasteiger partial charge in [0.1, 0.15) is 0 Å². The molecule has 7 heteroatoms. The Kier molecular flexibility index (Phi) is 4.82. The molecule has 1 amide bonds. The van der Waals surface area contributed by atoms with E-state index in [4.69, 9.17) is 4.74 Å². The van der Waals surface area contributed by atoms with E-state index in [-0.39, 0.29) is 12.5 Å². The lowest BCUT2D eigenvalue weighted by Gasteiger charge is -2.36. The Morgan fingerprint density at radius 1 is 1.50 bits per heavy atom. The van der Waals surface area contributed by atoms with Crippen molar-refractivity contribution in [2.45, 2.75) is 18.4 Å². The summed E-state index contributed by atoms with van der Waals surface area (Å²) in [5, 5.41) is 12.5. The molecule has 1 fully saturated rings. The van der Waals surface area contributed by atoms with Gasteiger partial charge in [-0.3, -0.25) is 4.79 Å². The Morgan fingerprint density at radius 3 is 2.67 bits per heavy atom. The maximum absolute atomic E-state index is 12.2. The zero-order valence-electron chi connectivity index (χ0n) is 9.54. The number of carbonyl (C=O) groups is 1. The lowest BCUT2D eigenvalue weighted by Crippen LogP contribution is -2.54. The molecule has 1 aliphatic heterocycles. The highest BCUT2D eigenvalue weighted by Crippen LogP contribution is 2.32. The lowest BCUT2D eigenvalue weighted by atomic mass is 9.90. The quantitative estimate of drug-likeness (QED) is 0.822. The molecule has 0 saturated carbocycles. The molecular weight excluding hydrogens is 386 g/mol. The maximum atomic E-state index is 12.2. The first-order valence-electron chi connectivity index (χ1n) is 5.52. The van der Waals surface area contributed by atoms with Crippen LogP contribution in [0.1, 0.15) is 23.2 Å². The van der Waals surface area contributed by atoms with E-state index in [1.165, 1.54) is 11.3 Å². The predicted octanol–water partition coefficient (Wildman–Crippen LogP) is 2.54. The molecule has 2 N–H and O–H groups in total. The van der Waals surface area contributed by atoms with E-state index in [9.17, 15) is 9.90 Å². The highest BCUT2D eigenvalue weighted by Gasteiger charge is 2.34. The molecule has 0 bridgehead atoms. The molecule has 100 valence electrons. The second kappa shape index (κ2) is 6.00. The van der Waals surface area contributed by atoms with Crippen LogP contribution in [0.4, 0.5) is 0 Å². The van der Waals surface area contributed by atoms with Gasteiger partial charge in [0, 0.05) is 13.2 Å². The monoisotopic (exact) mass is 397 g/mol. The van der Waals surface area contributed by atoms with Gasteiger partial charge in [0.15, 0.2) is 0 Å². The van der Waals surface area contributed by atoms with Gasteiger partial charge in [-0.1, -0.05) is 0 Å². The first-order valence-corrected chi connectivity index (χ1v) is 7.92. The van der Waals surface area contributed by atoms with Gasteiger partial charge in [0.2, 0.25) is 0 Å². The van der Waals surface area contributed by atoms with Gasteiger partial charge < -0.3 is 15.2 Å². The second-order valence-corrected chi connectivity index (χ2v) is 7.99. The Morgan fingerprint density at radius 2 is 2.17 bits per heavy atom. The van der Waals surface area contributed by atoms with Crippen LogP contribution in [0.2, 0.25) is 0 Å². The Balaban J connectivity index is 2.12. The lowest BCUT2D eigenvalue weighted by molar-refractivity contribution is 0.0125. The van der Waals surface area contributed by atoms with Gasteiger partial charge in [-0.15, -0.1) is 11.3 Å². The Hall–Kier alpha value is 0.0500. The average molecular weight is 399 g/mol. The number of aliphatic hydroxyl groups excluding tert-OH is 1. The van der Waals surface area contributed by atoms with Crippen molar-refractivity contribution in [1.82, 2.24) is 5.32 Å². The summed E-state index contributed by atoms with van der Waals surface area (Å²) < 4.78 is 6.94. The summed E-state index contributed by atoms with van der Waals surface area (Å²) in [6, 6.07) is 1.77. The van der Waals surface area contributed by atoms with Crippen LogP contribution in [0.3, 0.4) is 0 Å². The fourth-order valence-electron chi connectivity index (χ4n) is 1.89. The fourth-order valence-corrected chi connectivity index (χ4v) is 4.68. The molecule has 0 aromatic carbocycles. The first kappa shape index (κ1) is 14.5. The number of nitrogens with one attached hydrogen (secondary N) is 1. The Bertz CT molecular complexity index is 443. The molecule has 0 unspecified atom stereocenters. The molecule has 18 heavy (non-hydrogen) atoms. The normalized spacial score (nSPS) is 18.6. The minimum Gasteiger partial charge on any atom is -0.394 e. The predicted molar refractivity (Wildman–Crippen MR) is 77.1 cm³/mol. The molecule has 0 spiro atoms. The van der Waals surface area contributed by atoms with Crippen molar-refractivity contribution in [3.05, 3.63) is 19.2 Å². The third kappa shape index (κ3) is 3.14. The molecule has 0 atom stereocenters. The van der Waals surface area contributed by atoms with E-state index in [0.29, 0.717) is 31.6 Å². The third-order valence-corrected chi connectivity index (χ3v) is 5.37. The number of hydrogen-bond acceptors (Lipinski definition) is 4. The summed E-state index contributed by atoms with van der Waals surface area (Å²) in [5.41, 5.74) is 0.0367. The average Bonchev–Trinajstić information content (AvgIpc) is 2.70. The number of ether oxygens (including phenoxy) is 1. The molecule has 2 heterocycles. The zero-order valence-corrected chi connectivity index (χ0v) is 13.5. The highest BCUT2D eigenvalue weighted by atomic mass is 79.9. The van der Waals surface area contributed by atoms with Crippen LogP contribution < -0.4 is 5.32 Å². The van der Waals surface area contributed by atoms with Gasteiger partial charge in [-0.05, 0) is 50.8 Å². The first-order chi connectivity index (χ1) is 8.56. The standard InChI is InChI=1S/C11H13Br2NO3S/c12-8-5-7(9(13)18-8)10(16)14-11(6-15)1-3-17-4-2-11/h5,15H,1-4,6H2,(H,14,16). The van der Waals surface area contributed by atoms with Crippen LogP contribution >= 0.6 is 43.2 Å². The van der Waals surface area contributed by atoms with Crippen LogP contribution in [0.15, 0.2) is 13.6 Å². The van der Waals surface area contributed by atoms with E-state index in [1.807, 2.05) is 0 Å². The molecule has 0 aliphatic carbocycles. The summed E-state index contributed by atoms with van der Waals surface area (Å²) in [4.78, 5) is 12.2. The van der Waals surface area contributed by atoms with Crippen LogP contribution in [0, 0.1) is 0 Å². The van der Waals surface area contributed by atoms with Crippen molar-refractivity contribution in [3.63, 3.8) is 0 Å². The van der Waals surface area contributed by atoms with Gasteiger partial charge in [0.25, 0.3) is 5.91 Å². The summed E-state index contributed by atoms with van der Waals surface area (Å²) in [6.45, 7) is 1.07. The van der Waals surface area contributed by atoms with Crippen LogP contribution in [-0.4, -0.2) is 36.4 Å². The van der Waals surface area contributed by atoms with E-state index >= 15 is 0 Å². The van der Waals surface area contributed by atoms with Gasteiger partial charge in [-0.25, -0.2) is 0 Å². The highest BCUT2D eigenvalue weighted by molar-refractivity contribution is 9.12. The number of thiophene rings is 1. The summed E-state index contributed by atoms with van der Waals surface area (Å²) >= 11 is 8.16. The molecule has 4 nitrogen and oxygen atoms in total. The number of carbonyl (C=O) groups excluding carboxylic acids is 1. The van der Waals surface area contributed by atoms with Crippen molar-refractivity contribution in [1.29, 1.82) is 0 Å². The summed E-state index contributed by atoms with van der Waals surface area (Å²) in [6.07, 6.45) is 1.27. The van der Waals surface area contributed by atoms with Crippen LogP contribution in [0.25, 0.3) is 0 Å². The minimum absolute atomic E-state index is 0.0645. The van der Waals surface area contributed by atoms with Crippen LogP contribution in [0.5, 0.6) is 0 Å². The maximum Gasteiger partial charge on any atom is 0.253 e. The van der Waals surface area contributed by atoms with Crippen LogP contribution in [-0.2, 0) is 4.74 Å². The van der Waals surface area contributed by atoms with E-state index < -0.39 is 5.54 Å².